The van der Waals surface area contributed by atoms with Gasteiger partial charge in [-0.2, -0.15) is 0 Å². The number of methoxy groups -OCH3 is 2. The van der Waals surface area contributed by atoms with Crippen LogP contribution in [0.2, 0.25) is 0 Å². The van der Waals surface area contributed by atoms with Gasteiger partial charge in [0.1, 0.15) is 11.5 Å². The summed E-state index contributed by atoms with van der Waals surface area (Å²) in [4.78, 5) is 6.79. The standard InChI is InChI=1S/C16H26N4O2.HI/c1-11(20(2)12-5-6-12)10-18-16(17)19-14-9-13(21-3)7-8-15(14)22-4;/h7-9,11-12H,5-6,10H2,1-4H3,(H3,17,18,19);1H. The first-order chi connectivity index (χ1) is 10.5. The molecule has 0 bridgehead atoms. The summed E-state index contributed by atoms with van der Waals surface area (Å²) in [5, 5.41) is 3.08. The SMILES string of the molecule is COc1ccc(OC)c(NC(N)=NCC(C)N(C)C2CC2)c1.I. The first kappa shape index (κ1) is 19.8. The van der Waals surface area contributed by atoms with E-state index in [0.29, 0.717) is 24.3 Å². The molecule has 3 N–H and O–H groups in total. The summed E-state index contributed by atoms with van der Waals surface area (Å²) in [6.45, 7) is 2.83. The molecule has 1 aliphatic rings. The molecule has 0 spiro atoms. The molecule has 0 heterocycles. The van der Waals surface area contributed by atoms with Crippen molar-refractivity contribution in [1.29, 1.82) is 0 Å². The summed E-state index contributed by atoms with van der Waals surface area (Å²) in [5.41, 5.74) is 6.73. The van der Waals surface area contributed by atoms with E-state index in [9.17, 15) is 0 Å². The molecule has 1 saturated carbocycles. The van der Waals surface area contributed by atoms with E-state index in [4.69, 9.17) is 15.2 Å². The largest absolute Gasteiger partial charge is 0.497 e. The van der Waals surface area contributed by atoms with Gasteiger partial charge in [-0.15, -0.1) is 24.0 Å². The van der Waals surface area contributed by atoms with Crippen molar-refractivity contribution in [2.24, 2.45) is 10.7 Å². The Bertz CT molecular complexity index is 535. The molecule has 1 fully saturated rings. The van der Waals surface area contributed by atoms with Gasteiger partial charge in [0.05, 0.1) is 26.5 Å². The molecular formula is C16H27IN4O2. The molecule has 1 atom stereocenters. The fourth-order valence-electron chi connectivity index (χ4n) is 2.29. The highest BCUT2D eigenvalue weighted by molar-refractivity contribution is 14.0. The maximum atomic E-state index is 5.99. The van der Waals surface area contributed by atoms with Gasteiger partial charge >= 0.3 is 0 Å². The summed E-state index contributed by atoms with van der Waals surface area (Å²) >= 11 is 0. The van der Waals surface area contributed by atoms with Crippen molar-refractivity contribution < 1.29 is 9.47 Å². The van der Waals surface area contributed by atoms with Crippen LogP contribution in [0.5, 0.6) is 11.5 Å². The minimum Gasteiger partial charge on any atom is -0.497 e. The molecular weight excluding hydrogens is 407 g/mol. The second-order valence-corrected chi connectivity index (χ2v) is 5.66. The van der Waals surface area contributed by atoms with Crippen molar-refractivity contribution in [2.75, 3.05) is 33.1 Å². The van der Waals surface area contributed by atoms with Crippen molar-refractivity contribution in [3.8, 4) is 11.5 Å². The zero-order valence-corrected chi connectivity index (χ0v) is 16.5. The fourth-order valence-corrected chi connectivity index (χ4v) is 2.29. The first-order valence-corrected chi connectivity index (χ1v) is 7.56. The summed E-state index contributed by atoms with van der Waals surface area (Å²) in [6.07, 6.45) is 2.58. The molecule has 2 rings (SSSR count). The molecule has 130 valence electrons. The van der Waals surface area contributed by atoms with Gasteiger partial charge in [0, 0.05) is 18.2 Å². The Labute approximate surface area is 155 Å². The van der Waals surface area contributed by atoms with Gasteiger partial charge in [-0.1, -0.05) is 0 Å². The number of ether oxygens (including phenoxy) is 2. The van der Waals surface area contributed by atoms with Crippen LogP contribution in [0.4, 0.5) is 5.69 Å². The molecule has 7 heteroatoms. The van der Waals surface area contributed by atoms with Crippen molar-refractivity contribution in [1.82, 2.24) is 4.90 Å². The van der Waals surface area contributed by atoms with Crippen LogP contribution < -0.4 is 20.5 Å². The third-order valence-corrected chi connectivity index (χ3v) is 4.01. The molecule has 1 unspecified atom stereocenters. The van der Waals surface area contributed by atoms with Gasteiger partial charge in [-0.05, 0) is 38.9 Å². The van der Waals surface area contributed by atoms with E-state index >= 15 is 0 Å². The normalized spacial score (nSPS) is 15.8. The van der Waals surface area contributed by atoms with Gasteiger partial charge < -0.3 is 20.5 Å². The number of rotatable bonds is 7. The number of benzene rings is 1. The monoisotopic (exact) mass is 434 g/mol. The van der Waals surface area contributed by atoms with E-state index in [1.54, 1.807) is 14.2 Å². The Balaban J connectivity index is 0.00000264. The van der Waals surface area contributed by atoms with Gasteiger partial charge in [-0.25, -0.2) is 0 Å². The topological polar surface area (TPSA) is 72.1 Å². The number of hydrogen-bond donors (Lipinski definition) is 2. The second kappa shape index (κ2) is 9.17. The molecule has 0 aromatic heterocycles. The van der Waals surface area contributed by atoms with Gasteiger partial charge in [0.2, 0.25) is 0 Å². The molecule has 0 amide bonds. The van der Waals surface area contributed by atoms with E-state index < -0.39 is 0 Å². The van der Waals surface area contributed by atoms with Gasteiger partial charge in [-0.3, -0.25) is 9.89 Å². The average molecular weight is 434 g/mol. The Hall–Kier alpha value is -1.22. The summed E-state index contributed by atoms with van der Waals surface area (Å²) in [6, 6.07) is 6.60. The lowest BCUT2D eigenvalue weighted by molar-refractivity contribution is 0.253. The molecule has 23 heavy (non-hydrogen) atoms. The molecule has 0 radical (unpaired) electrons. The summed E-state index contributed by atoms with van der Waals surface area (Å²) in [7, 11) is 5.39. The average Bonchev–Trinajstić information content (AvgIpc) is 3.36. The van der Waals surface area contributed by atoms with E-state index in [2.05, 4.69) is 29.2 Å². The predicted molar refractivity (Wildman–Crippen MR) is 105 cm³/mol. The van der Waals surface area contributed by atoms with Crippen LogP contribution in [0, 0.1) is 0 Å². The van der Waals surface area contributed by atoms with Gasteiger partial charge in [0.15, 0.2) is 5.96 Å². The molecule has 1 aromatic rings. The van der Waals surface area contributed by atoms with Crippen LogP contribution in [0.3, 0.4) is 0 Å². The second-order valence-electron chi connectivity index (χ2n) is 5.66. The van der Waals surface area contributed by atoms with Crippen LogP contribution in [0.25, 0.3) is 0 Å². The predicted octanol–water partition coefficient (Wildman–Crippen LogP) is 2.53. The number of hydrogen-bond acceptors (Lipinski definition) is 4. The van der Waals surface area contributed by atoms with E-state index in [1.807, 2.05) is 18.2 Å². The number of halogens is 1. The van der Waals surface area contributed by atoms with E-state index in [0.717, 1.165) is 17.5 Å². The molecule has 0 aliphatic heterocycles. The third-order valence-electron chi connectivity index (χ3n) is 4.01. The van der Waals surface area contributed by atoms with Crippen molar-refractivity contribution >= 4 is 35.6 Å². The highest BCUT2D eigenvalue weighted by Crippen LogP contribution is 2.29. The Kier molecular flexibility index (Phi) is 7.90. The van der Waals surface area contributed by atoms with Crippen molar-refractivity contribution in [3.05, 3.63) is 18.2 Å². The summed E-state index contributed by atoms with van der Waals surface area (Å²) in [5.74, 6) is 1.81. The molecule has 1 aromatic carbocycles. The summed E-state index contributed by atoms with van der Waals surface area (Å²) < 4.78 is 10.5. The third kappa shape index (κ3) is 5.72. The maximum Gasteiger partial charge on any atom is 0.193 e. The van der Waals surface area contributed by atoms with Crippen LogP contribution in [0.15, 0.2) is 23.2 Å². The number of nitrogens with one attached hydrogen (secondary N) is 1. The lowest BCUT2D eigenvalue weighted by atomic mass is 10.2. The quantitative estimate of drug-likeness (QED) is 0.392. The fraction of sp³-hybridized carbons (Fsp3) is 0.562. The number of aliphatic imine (C=N–C) groups is 1. The van der Waals surface area contributed by atoms with Crippen molar-refractivity contribution in [3.63, 3.8) is 0 Å². The smallest absolute Gasteiger partial charge is 0.193 e. The van der Waals surface area contributed by atoms with Crippen LogP contribution in [-0.4, -0.2) is 50.8 Å². The van der Waals surface area contributed by atoms with E-state index in [1.165, 1.54) is 12.8 Å². The van der Waals surface area contributed by atoms with Crippen LogP contribution in [0.1, 0.15) is 19.8 Å². The molecule has 6 nitrogen and oxygen atoms in total. The minimum absolute atomic E-state index is 0. The maximum absolute atomic E-state index is 5.99. The Morgan fingerprint density at radius 1 is 1.39 bits per heavy atom. The zero-order valence-electron chi connectivity index (χ0n) is 14.2. The Morgan fingerprint density at radius 2 is 2.09 bits per heavy atom. The molecule has 0 saturated heterocycles. The number of guanidine groups is 1. The first-order valence-electron chi connectivity index (χ1n) is 7.56. The number of nitrogens with two attached hydrogens (primary N) is 1. The van der Waals surface area contributed by atoms with E-state index in [-0.39, 0.29) is 24.0 Å². The highest BCUT2D eigenvalue weighted by atomic mass is 127. The minimum atomic E-state index is 0. The lowest BCUT2D eigenvalue weighted by Crippen LogP contribution is -2.34. The van der Waals surface area contributed by atoms with Crippen molar-refractivity contribution in [2.45, 2.75) is 31.8 Å². The molecule has 1 aliphatic carbocycles. The number of likely N-dealkylation sites (N-methyl/N-ethyl adjacent to an activating group) is 1. The van der Waals surface area contributed by atoms with Crippen LogP contribution >= 0.6 is 24.0 Å². The number of nitrogens with zero attached hydrogens (tertiary/aromatic N) is 2. The highest BCUT2D eigenvalue weighted by Gasteiger charge is 2.28. The van der Waals surface area contributed by atoms with Crippen LogP contribution in [-0.2, 0) is 0 Å². The zero-order chi connectivity index (χ0) is 16.1. The lowest BCUT2D eigenvalue weighted by Gasteiger charge is -2.22. The number of anilines is 1. The van der Waals surface area contributed by atoms with Gasteiger partial charge in [0.25, 0.3) is 0 Å². The Morgan fingerprint density at radius 3 is 2.65 bits per heavy atom.